The van der Waals surface area contributed by atoms with Gasteiger partial charge in [-0.1, -0.05) is 18.2 Å². The zero-order valence-electron chi connectivity index (χ0n) is 13.3. The Morgan fingerprint density at radius 2 is 2.12 bits per heavy atom. The summed E-state index contributed by atoms with van der Waals surface area (Å²) in [5.74, 6) is 0.750. The number of fused-ring (bicyclic) bond motifs is 1. The Hall–Kier alpha value is -3.02. The highest BCUT2D eigenvalue weighted by molar-refractivity contribution is 6.03. The molecule has 0 fully saturated rings. The number of nitrogens with one attached hydrogen (secondary N) is 2. The first-order valence-electron chi connectivity index (χ1n) is 7.64. The van der Waals surface area contributed by atoms with Crippen LogP contribution in [0.4, 0.5) is 5.69 Å². The highest BCUT2D eigenvalue weighted by atomic mass is 16.5. The molecule has 0 saturated heterocycles. The van der Waals surface area contributed by atoms with Crippen molar-refractivity contribution in [3.63, 3.8) is 0 Å². The van der Waals surface area contributed by atoms with E-state index in [0.29, 0.717) is 30.0 Å². The van der Waals surface area contributed by atoms with Crippen LogP contribution in [0.15, 0.2) is 42.5 Å². The van der Waals surface area contributed by atoms with Gasteiger partial charge in [0.1, 0.15) is 5.75 Å². The Morgan fingerprint density at radius 1 is 1.29 bits per heavy atom. The van der Waals surface area contributed by atoms with E-state index in [9.17, 15) is 9.59 Å². The number of carbonyl (C=O) groups is 2. The fraction of sp³-hybridized carbons (Fsp3) is 0.222. The second kappa shape index (κ2) is 7.04. The van der Waals surface area contributed by atoms with E-state index >= 15 is 0 Å². The average molecular weight is 326 g/mol. The second-order valence-electron chi connectivity index (χ2n) is 5.38. The molecule has 0 atom stereocenters. The number of para-hydroxylation sites is 1. The smallest absolute Gasteiger partial charge is 0.262 e. The summed E-state index contributed by atoms with van der Waals surface area (Å²) in [5.41, 5.74) is 2.01. The van der Waals surface area contributed by atoms with Crippen LogP contribution in [0.1, 0.15) is 15.9 Å². The quantitative estimate of drug-likeness (QED) is 0.881. The molecule has 1 aliphatic rings. The van der Waals surface area contributed by atoms with Crippen LogP contribution in [0, 0.1) is 0 Å². The van der Waals surface area contributed by atoms with Crippen LogP contribution in [-0.4, -0.2) is 32.1 Å². The number of anilines is 1. The number of rotatable bonds is 5. The van der Waals surface area contributed by atoms with Crippen molar-refractivity contribution in [2.75, 3.05) is 25.6 Å². The van der Waals surface area contributed by atoms with Crippen LogP contribution >= 0.6 is 0 Å². The van der Waals surface area contributed by atoms with E-state index in [0.717, 1.165) is 11.3 Å². The predicted molar refractivity (Wildman–Crippen MR) is 89.6 cm³/mol. The largest absolute Gasteiger partial charge is 0.497 e. The van der Waals surface area contributed by atoms with Gasteiger partial charge in [-0.3, -0.25) is 9.59 Å². The maximum Gasteiger partial charge on any atom is 0.262 e. The minimum atomic E-state index is -0.231. The number of hydrogen-bond acceptors (Lipinski definition) is 4. The molecule has 24 heavy (non-hydrogen) atoms. The van der Waals surface area contributed by atoms with E-state index in [2.05, 4.69) is 10.6 Å². The molecule has 3 rings (SSSR count). The van der Waals surface area contributed by atoms with Crippen molar-refractivity contribution in [1.82, 2.24) is 5.32 Å². The molecule has 6 heteroatoms. The van der Waals surface area contributed by atoms with Gasteiger partial charge in [0, 0.05) is 6.54 Å². The molecular weight excluding hydrogens is 308 g/mol. The summed E-state index contributed by atoms with van der Waals surface area (Å²) >= 11 is 0. The van der Waals surface area contributed by atoms with Gasteiger partial charge in [0.25, 0.3) is 11.8 Å². The fourth-order valence-corrected chi connectivity index (χ4v) is 2.54. The van der Waals surface area contributed by atoms with Crippen molar-refractivity contribution in [3.05, 3.63) is 53.6 Å². The predicted octanol–water partition coefficient (Wildman–Crippen LogP) is 2.00. The molecule has 1 heterocycles. The van der Waals surface area contributed by atoms with Crippen LogP contribution in [0.3, 0.4) is 0 Å². The van der Waals surface area contributed by atoms with Crippen molar-refractivity contribution in [2.24, 2.45) is 0 Å². The minimum absolute atomic E-state index is 0.0822. The van der Waals surface area contributed by atoms with Crippen molar-refractivity contribution in [1.29, 1.82) is 0 Å². The molecule has 0 bridgehead atoms. The summed E-state index contributed by atoms with van der Waals surface area (Å²) in [4.78, 5) is 23.7. The van der Waals surface area contributed by atoms with E-state index in [1.54, 1.807) is 25.3 Å². The van der Waals surface area contributed by atoms with Crippen LogP contribution in [0.25, 0.3) is 0 Å². The molecule has 124 valence electrons. The molecular formula is C18H18N2O4. The standard InChI is InChI=1S/C18H18N2O4/c1-23-13-5-2-4-12(10-13)8-9-19-18(22)14-6-3-7-15-17(14)24-11-16(21)20-15/h2-7,10H,8-9,11H2,1H3,(H,19,22)(H,20,21). The van der Waals surface area contributed by atoms with Gasteiger partial charge in [-0.15, -0.1) is 0 Å². The third-order valence-corrected chi connectivity index (χ3v) is 3.71. The third-order valence-electron chi connectivity index (χ3n) is 3.71. The second-order valence-corrected chi connectivity index (χ2v) is 5.38. The van der Waals surface area contributed by atoms with Gasteiger partial charge >= 0.3 is 0 Å². The third kappa shape index (κ3) is 3.48. The lowest BCUT2D eigenvalue weighted by atomic mass is 10.1. The Morgan fingerprint density at radius 3 is 2.96 bits per heavy atom. The van der Waals surface area contributed by atoms with Crippen LogP contribution in [-0.2, 0) is 11.2 Å². The maximum absolute atomic E-state index is 12.4. The molecule has 2 N–H and O–H groups in total. The first kappa shape index (κ1) is 15.9. The molecule has 2 amide bonds. The molecule has 2 aromatic carbocycles. The summed E-state index contributed by atoms with van der Waals surface area (Å²) in [6.07, 6.45) is 0.690. The number of ether oxygens (including phenoxy) is 2. The molecule has 6 nitrogen and oxygen atoms in total. The van der Waals surface area contributed by atoms with E-state index in [1.807, 2.05) is 24.3 Å². The van der Waals surface area contributed by atoms with Crippen LogP contribution in [0.2, 0.25) is 0 Å². The van der Waals surface area contributed by atoms with Crippen molar-refractivity contribution >= 4 is 17.5 Å². The Balaban J connectivity index is 1.63. The summed E-state index contributed by atoms with van der Waals surface area (Å²) in [6, 6.07) is 12.8. The normalized spacial score (nSPS) is 12.6. The summed E-state index contributed by atoms with van der Waals surface area (Å²) in [5, 5.41) is 5.57. The van der Waals surface area contributed by atoms with Crippen molar-refractivity contribution < 1.29 is 19.1 Å². The van der Waals surface area contributed by atoms with Gasteiger partial charge in [-0.2, -0.15) is 0 Å². The summed E-state index contributed by atoms with van der Waals surface area (Å²) in [6.45, 7) is 0.406. The van der Waals surface area contributed by atoms with Gasteiger partial charge < -0.3 is 20.1 Å². The van der Waals surface area contributed by atoms with E-state index in [1.165, 1.54) is 0 Å². The summed E-state index contributed by atoms with van der Waals surface area (Å²) in [7, 11) is 1.62. The molecule has 2 aromatic rings. The topological polar surface area (TPSA) is 76.7 Å². The van der Waals surface area contributed by atoms with Gasteiger partial charge in [0.15, 0.2) is 12.4 Å². The molecule has 0 unspecified atom stereocenters. The Kier molecular flexibility index (Phi) is 4.65. The lowest BCUT2D eigenvalue weighted by Gasteiger charge is -2.20. The van der Waals surface area contributed by atoms with Crippen LogP contribution in [0.5, 0.6) is 11.5 Å². The zero-order valence-corrected chi connectivity index (χ0v) is 13.3. The van der Waals surface area contributed by atoms with E-state index in [4.69, 9.17) is 9.47 Å². The maximum atomic E-state index is 12.4. The fourth-order valence-electron chi connectivity index (χ4n) is 2.54. The van der Waals surface area contributed by atoms with Gasteiger partial charge in [-0.25, -0.2) is 0 Å². The highest BCUT2D eigenvalue weighted by Gasteiger charge is 2.22. The van der Waals surface area contributed by atoms with Gasteiger partial charge in [0.05, 0.1) is 18.4 Å². The Bertz CT molecular complexity index is 773. The number of benzene rings is 2. The first-order chi connectivity index (χ1) is 11.7. The molecule has 1 aliphatic heterocycles. The molecule has 0 saturated carbocycles. The van der Waals surface area contributed by atoms with Crippen LogP contribution < -0.4 is 20.1 Å². The summed E-state index contributed by atoms with van der Waals surface area (Å²) < 4.78 is 10.6. The minimum Gasteiger partial charge on any atom is -0.497 e. The molecule has 0 radical (unpaired) electrons. The number of hydrogen-bond donors (Lipinski definition) is 2. The number of amides is 2. The van der Waals surface area contributed by atoms with E-state index < -0.39 is 0 Å². The lowest BCUT2D eigenvalue weighted by Crippen LogP contribution is -2.30. The average Bonchev–Trinajstić information content (AvgIpc) is 2.61. The Labute approximate surface area is 139 Å². The molecule has 0 spiro atoms. The molecule has 0 aliphatic carbocycles. The zero-order chi connectivity index (χ0) is 16.9. The van der Waals surface area contributed by atoms with E-state index in [-0.39, 0.29) is 18.4 Å². The van der Waals surface area contributed by atoms with Crippen molar-refractivity contribution in [2.45, 2.75) is 6.42 Å². The van der Waals surface area contributed by atoms with Gasteiger partial charge in [-0.05, 0) is 36.2 Å². The lowest BCUT2D eigenvalue weighted by molar-refractivity contribution is -0.118. The van der Waals surface area contributed by atoms with Crippen molar-refractivity contribution in [3.8, 4) is 11.5 Å². The highest BCUT2D eigenvalue weighted by Crippen LogP contribution is 2.31. The first-order valence-corrected chi connectivity index (χ1v) is 7.64. The van der Waals surface area contributed by atoms with Gasteiger partial charge in [0.2, 0.25) is 0 Å². The molecule has 0 aromatic heterocycles. The number of carbonyl (C=O) groups excluding carboxylic acids is 2. The monoisotopic (exact) mass is 326 g/mol. The number of methoxy groups -OCH3 is 1. The SMILES string of the molecule is COc1cccc(CCNC(=O)c2cccc3c2OCC(=O)N3)c1.